The van der Waals surface area contributed by atoms with Crippen molar-refractivity contribution in [1.29, 1.82) is 0 Å². The second-order valence-electron chi connectivity index (χ2n) is 7.32. The monoisotopic (exact) mass is 395 g/mol. The van der Waals surface area contributed by atoms with Gasteiger partial charge in [0.15, 0.2) is 11.5 Å². The van der Waals surface area contributed by atoms with Crippen molar-refractivity contribution in [2.45, 2.75) is 12.8 Å². The molecule has 0 aliphatic heterocycles. The van der Waals surface area contributed by atoms with Crippen LogP contribution in [0.4, 0.5) is 0 Å². The largest absolute Gasteiger partial charge is 0.440 e. The van der Waals surface area contributed by atoms with Gasteiger partial charge in [0.1, 0.15) is 5.52 Å². The first-order valence-electron chi connectivity index (χ1n) is 10.0. The summed E-state index contributed by atoms with van der Waals surface area (Å²) in [6.45, 7) is 0.566. The van der Waals surface area contributed by atoms with E-state index in [2.05, 4.69) is 27.4 Å². The van der Waals surface area contributed by atoms with Crippen molar-refractivity contribution in [2.75, 3.05) is 6.54 Å². The van der Waals surface area contributed by atoms with E-state index in [1.807, 2.05) is 54.7 Å². The number of H-pyrrole nitrogens is 1. The molecule has 2 N–H and O–H groups in total. The molecule has 1 amide bonds. The molecule has 0 atom stereocenters. The summed E-state index contributed by atoms with van der Waals surface area (Å²) in [5.41, 5.74) is 5.42. The predicted molar refractivity (Wildman–Crippen MR) is 118 cm³/mol. The number of rotatable bonds is 6. The van der Waals surface area contributed by atoms with Crippen LogP contribution in [-0.4, -0.2) is 22.4 Å². The minimum Gasteiger partial charge on any atom is -0.440 e. The summed E-state index contributed by atoms with van der Waals surface area (Å²) >= 11 is 0. The van der Waals surface area contributed by atoms with Gasteiger partial charge in [0.2, 0.25) is 0 Å². The second kappa shape index (κ2) is 7.87. The molecule has 5 nitrogen and oxygen atoms in total. The van der Waals surface area contributed by atoms with Crippen molar-refractivity contribution >= 4 is 27.9 Å². The third-order valence-corrected chi connectivity index (χ3v) is 5.25. The van der Waals surface area contributed by atoms with E-state index in [0.29, 0.717) is 35.5 Å². The first-order valence-corrected chi connectivity index (χ1v) is 10.0. The maximum atomic E-state index is 12.6. The Morgan fingerprint density at radius 1 is 1.00 bits per heavy atom. The molecular formula is C25H21N3O2. The minimum atomic E-state index is -0.107. The van der Waals surface area contributed by atoms with Gasteiger partial charge in [-0.3, -0.25) is 4.79 Å². The molecule has 5 aromatic rings. The Bertz CT molecular complexity index is 1320. The summed E-state index contributed by atoms with van der Waals surface area (Å²) in [6.07, 6.45) is 3.40. The molecule has 0 bridgehead atoms. The average Bonchev–Trinajstić information content (AvgIpc) is 3.37. The third kappa shape index (κ3) is 3.70. The quantitative estimate of drug-likeness (QED) is 0.431. The van der Waals surface area contributed by atoms with E-state index in [0.717, 1.165) is 17.5 Å². The number of amides is 1. The van der Waals surface area contributed by atoms with Crippen molar-refractivity contribution in [1.82, 2.24) is 15.3 Å². The van der Waals surface area contributed by atoms with E-state index in [9.17, 15) is 4.79 Å². The molecule has 0 fully saturated rings. The fraction of sp³-hybridized carbons (Fsp3) is 0.120. The van der Waals surface area contributed by atoms with Crippen LogP contribution in [0.2, 0.25) is 0 Å². The van der Waals surface area contributed by atoms with Gasteiger partial charge in [0, 0.05) is 35.6 Å². The number of aromatic amines is 1. The number of nitrogens with one attached hydrogen (secondary N) is 2. The van der Waals surface area contributed by atoms with E-state index in [4.69, 9.17) is 4.42 Å². The second-order valence-corrected chi connectivity index (χ2v) is 7.32. The van der Waals surface area contributed by atoms with Crippen molar-refractivity contribution < 1.29 is 9.21 Å². The Hall–Kier alpha value is -3.86. The normalized spacial score (nSPS) is 11.2. The SMILES string of the molecule is O=C(NCCc1c[nH]c2ccccc12)c1ccc2oc(Cc3ccccc3)nc2c1. The van der Waals surface area contributed by atoms with E-state index in [1.165, 1.54) is 10.9 Å². The highest BCUT2D eigenvalue weighted by molar-refractivity contribution is 5.97. The van der Waals surface area contributed by atoms with Crippen LogP contribution < -0.4 is 5.32 Å². The van der Waals surface area contributed by atoms with Gasteiger partial charge < -0.3 is 14.7 Å². The van der Waals surface area contributed by atoms with Gasteiger partial charge in [0.25, 0.3) is 5.91 Å². The summed E-state index contributed by atoms with van der Waals surface area (Å²) in [5, 5.41) is 4.20. The van der Waals surface area contributed by atoms with Gasteiger partial charge in [-0.15, -0.1) is 0 Å². The lowest BCUT2D eigenvalue weighted by atomic mass is 10.1. The zero-order chi connectivity index (χ0) is 20.3. The number of aromatic nitrogens is 2. The average molecular weight is 395 g/mol. The van der Waals surface area contributed by atoms with Crippen molar-refractivity contribution in [2.24, 2.45) is 0 Å². The van der Waals surface area contributed by atoms with Gasteiger partial charge in [-0.1, -0.05) is 48.5 Å². The molecule has 0 radical (unpaired) electrons. The number of hydrogen-bond acceptors (Lipinski definition) is 3. The van der Waals surface area contributed by atoms with Crippen LogP contribution in [-0.2, 0) is 12.8 Å². The highest BCUT2D eigenvalue weighted by Gasteiger charge is 2.11. The van der Waals surface area contributed by atoms with Crippen molar-refractivity contribution in [3.63, 3.8) is 0 Å². The van der Waals surface area contributed by atoms with Crippen LogP contribution in [0.1, 0.15) is 27.4 Å². The molecule has 0 saturated heterocycles. The summed E-state index contributed by atoms with van der Waals surface area (Å²) in [6, 6.07) is 23.6. The highest BCUT2D eigenvalue weighted by atomic mass is 16.3. The Morgan fingerprint density at radius 2 is 1.83 bits per heavy atom. The smallest absolute Gasteiger partial charge is 0.251 e. The zero-order valence-corrected chi connectivity index (χ0v) is 16.4. The fourth-order valence-electron chi connectivity index (χ4n) is 3.71. The van der Waals surface area contributed by atoms with E-state index in [1.54, 1.807) is 12.1 Å². The maximum Gasteiger partial charge on any atom is 0.251 e. The molecule has 5 rings (SSSR count). The number of nitrogens with zero attached hydrogens (tertiary/aromatic N) is 1. The predicted octanol–water partition coefficient (Wildman–Crippen LogP) is 4.87. The molecule has 2 heterocycles. The Kier molecular flexibility index (Phi) is 4.77. The molecule has 30 heavy (non-hydrogen) atoms. The molecule has 3 aromatic carbocycles. The third-order valence-electron chi connectivity index (χ3n) is 5.25. The highest BCUT2D eigenvalue weighted by Crippen LogP contribution is 2.20. The van der Waals surface area contributed by atoms with Gasteiger partial charge in [-0.25, -0.2) is 4.98 Å². The lowest BCUT2D eigenvalue weighted by molar-refractivity contribution is 0.0954. The fourth-order valence-corrected chi connectivity index (χ4v) is 3.71. The first kappa shape index (κ1) is 18.2. The molecule has 0 aliphatic rings. The molecule has 0 unspecified atom stereocenters. The number of oxazole rings is 1. The topological polar surface area (TPSA) is 70.9 Å². The lowest BCUT2D eigenvalue weighted by Gasteiger charge is -2.05. The van der Waals surface area contributed by atoms with Crippen LogP contribution in [0.3, 0.4) is 0 Å². The van der Waals surface area contributed by atoms with Crippen molar-refractivity contribution in [3.8, 4) is 0 Å². The Morgan fingerprint density at radius 3 is 2.73 bits per heavy atom. The molecular weight excluding hydrogens is 374 g/mol. The Balaban J connectivity index is 1.25. The number of fused-ring (bicyclic) bond motifs is 2. The van der Waals surface area contributed by atoms with E-state index in [-0.39, 0.29) is 5.91 Å². The standard InChI is InChI=1S/C25H21N3O2/c29-25(26-13-12-19-16-27-21-9-5-4-8-20(19)21)18-10-11-23-22(15-18)28-24(30-23)14-17-6-2-1-3-7-17/h1-11,15-16,27H,12-14H2,(H,26,29). The van der Waals surface area contributed by atoms with Gasteiger partial charge in [0.05, 0.1) is 0 Å². The molecule has 0 aliphatic carbocycles. The summed E-state index contributed by atoms with van der Waals surface area (Å²) in [4.78, 5) is 20.4. The summed E-state index contributed by atoms with van der Waals surface area (Å²) in [5.74, 6) is 0.539. The van der Waals surface area contributed by atoms with Crippen LogP contribution in [0.15, 0.2) is 83.4 Å². The van der Waals surface area contributed by atoms with Crippen LogP contribution in [0.25, 0.3) is 22.0 Å². The number of para-hydroxylation sites is 1. The summed E-state index contributed by atoms with van der Waals surface area (Å²) < 4.78 is 5.83. The van der Waals surface area contributed by atoms with Crippen LogP contribution in [0, 0.1) is 0 Å². The number of hydrogen-bond donors (Lipinski definition) is 2. The molecule has 5 heteroatoms. The number of carbonyl (C=O) groups excluding carboxylic acids is 1. The molecule has 148 valence electrons. The van der Waals surface area contributed by atoms with Crippen molar-refractivity contribution in [3.05, 3.63) is 102 Å². The lowest BCUT2D eigenvalue weighted by Crippen LogP contribution is -2.25. The van der Waals surface area contributed by atoms with E-state index < -0.39 is 0 Å². The molecule has 0 spiro atoms. The molecule has 2 aromatic heterocycles. The minimum absolute atomic E-state index is 0.107. The zero-order valence-electron chi connectivity index (χ0n) is 16.4. The van der Waals surface area contributed by atoms with Gasteiger partial charge in [-0.2, -0.15) is 0 Å². The first-order chi connectivity index (χ1) is 14.8. The van der Waals surface area contributed by atoms with Gasteiger partial charge >= 0.3 is 0 Å². The van der Waals surface area contributed by atoms with Crippen LogP contribution >= 0.6 is 0 Å². The number of benzene rings is 3. The van der Waals surface area contributed by atoms with E-state index >= 15 is 0 Å². The van der Waals surface area contributed by atoms with Crippen LogP contribution in [0.5, 0.6) is 0 Å². The summed E-state index contributed by atoms with van der Waals surface area (Å²) in [7, 11) is 0. The van der Waals surface area contributed by atoms with Gasteiger partial charge in [-0.05, 0) is 41.8 Å². The number of carbonyl (C=O) groups is 1. The molecule has 0 saturated carbocycles. The maximum absolute atomic E-state index is 12.6. The Labute approximate surface area is 173 Å².